The molecule has 1 atom stereocenters. The van der Waals surface area contributed by atoms with Crippen molar-refractivity contribution in [2.45, 2.75) is 6.04 Å². The lowest BCUT2D eigenvalue weighted by Crippen LogP contribution is -2.32. The fourth-order valence-electron chi connectivity index (χ4n) is 3.68. The van der Waals surface area contributed by atoms with E-state index >= 15 is 0 Å². The number of benzene rings is 2. The highest BCUT2D eigenvalue weighted by atomic mass is 19.1. The fraction of sp³-hybridized carbons (Fsp3) is 0.227. The van der Waals surface area contributed by atoms with Crippen LogP contribution in [0.25, 0.3) is 11.0 Å². The minimum atomic E-state index is -0.752. The summed E-state index contributed by atoms with van der Waals surface area (Å²) in [5.41, 5.74) is 0.749. The van der Waals surface area contributed by atoms with Gasteiger partial charge < -0.3 is 18.8 Å². The van der Waals surface area contributed by atoms with Gasteiger partial charge in [0.05, 0.1) is 36.3 Å². The predicted octanol–water partition coefficient (Wildman–Crippen LogP) is 2.91. The van der Waals surface area contributed by atoms with Crippen LogP contribution in [0, 0.1) is 5.82 Å². The first kappa shape index (κ1) is 19.8. The summed E-state index contributed by atoms with van der Waals surface area (Å²) in [6, 6.07) is 9.25. The van der Waals surface area contributed by atoms with Gasteiger partial charge in [0.25, 0.3) is 5.91 Å². The second-order valence-corrected chi connectivity index (χ2v) is 6.82. The van der Waals surface area contributed by atoms with Crippen LogP contribution in [0.2, 0.25) is 0 Å². The second kappa shape index (κ2) is 7.72. The van der Waals surface area contributed by atoms with Crippen LogP contribution in [0.3, 0.4) is 0 Å². The summed E-state index contributed by atoms with van der Waals surface area (Å²) in [7, 11) is 2.79. The standard InChI is InChI=1S/C22H18FNO6/c1-28-10-9-24-18(12-3-5-13(6-4-12)22(27)29-2)17-19(25)15-11-14(23)7-8-16(15)30-20(17)21(24)26/h3-8,11,18H,9-10H2,1-2H3. The molecule has 154 valence electrons. The smallest absolute Gasteiger partial charge is 0.337 e. The summed E-state index contributed by atoms with van der Waals surface area (Å²) in [4.78, 5) is 39.5. The molecule has 0 spiro atoms. The highest BCUT2D eigenvalue weighted by molar-refractivity contribution is 5.99. The SMILES string of the molecule is COCCN1C(=O)c2oc3ccc(F)cc3c(=O)c2C1c1ccc(C(=O)OC)cc1. The molecule has 1 aliphatic rings. The van der Waals surface area contributed by atoms with Crippen LogP contribution in [0.15, 0.2) is 51.7 Å². The first-order chi connectivity index (χ1) is 14.5. The monoisotopic (exact) mass is 411 g/mol. The van der Waals surface area contributed by atoms with Gasteiger partial charge in [-0.2, -0.15) is 0 Å². The summed E-state index contributed by atoms with van der Waals surface area (Å²) >= 11 is 0. The van der Waals surface area contributed by atoms with Crippen LogP contribution in [-0.4, -0.2) is 44.1 Å². The highest BCUT2D eigenvalue weighted by Gasteiger charge is 2.42. The number of methoxy groups -OCH3 is 2. The molecule has 30 heavy (non-hydrogen) atoms. The van der Waals surface area contributed by atoms with Crippen LogP contribution in [0.1, 0.15) is 38.1 Å². The van der Waals surface area contributed by atoms with E-state index in [0.717, 1.165) is 6.07 Å². The van der Waals surface area contributed by atoms with Crippen molar-refractivity contribution in [2.75, 3.05) is 27.4 Å². The lowest BCUT2D eigenvalue weighted by atomic mass is 9.97. The van der Waals surface area contributed by atoms with E-state index < -0.39 is 29.2 Å². The van der Waals surface area contributed by atoms with E-state index in [2.05, 4.69) is 0 Å². The Kier molecular flexibility index (Phi) is 5.09. The van der Waals surface area contributed by atoms with Gasteiger partial charge in [-0.05, 0) is 35.9 Å². The Labute approximate surface area is 170 Å². The molecule has 4 rings (SSSR count). The molecule has 1 aliphatic heterocycles. The van der Waals surface area contributed by atoms with Crippen molar-refractivity contribution in [3.8, 4) is 0 Å². The third-order valence-corrected chi connectivity index (χ3v) is 5.11. The van der Waals surface area contributed by atoms with Crippen LogP contribution in [-0.2, 0) is 9.47 Å². The number of halogens is 1. The molecule has 2 heterocycles. The van der Waals surface area contributed by atoms with Gasteiger partial charge in [-0.3, -0.25) is 9.59 Å². The molecule has 0 saturated carbocycles. The summed E-state index contributed by atoms with van der Waals surface area (Å²) in [5.74, 6) is -1.60. The number of rotatable bonds is 5. The molecule has 8 heteroatoms. The van der Waals surface area contributed by atoms with E-state index in [1.165, 1.54) is 31.3 Å². The van der Waals surface area contributed by atoms with Gasteiger partial charge in [0.2, 0.25) is 5.76 Å². The van der Waals surface area contributed by atoms with E-state index in [9.17, 15) is 18.8 Å². The maximum Gasteiger partial charge on any atom is 0.337 e. The molecule has 0 bridgehead atoms. The van der Waals surface area contributed by atoms with Gasteiger partial charge in [-0.15, -0.1) is 0 Å². The number of nitrogens with zero attached hydrogens (tertiary/aromatic N) is 1. The molecule has 7 nitrogen and oxygen atoms in total. The number of carbonyl (C=O) groups is 2. The zero-order valence-corrected chi connectivity index (χ0v) is 16.3. The van der Waals surface area contributed by atoms with Crippen LogP contribution in [0.4, 0.5) is 4.39 Å². The number of fused-ring (bicyclic) bond motifs is 2. The van der Waals surface area contributed by atoms with Gasteiger partial charge in [0.1, 0.15) is 11.4 Å². The molecule has 1 amide bonds. The van der Waals surface area contributed by atoms with Crippen molar-refractivity contribution < 1.29 is 27.9 Å². The second-order valence-electron chi connectivity index (χ2n) is 6.82. The first-order valence-electron chi connectivity index (χ1n) is 9.20. The molecule has 1 aromatic heterocycles. The van der Waals surface area contributed by atoms with E-state index in [4.69, 9.17) is 13.9 Å². The summed E-state index contributed by atoms with van der Waals surface area (Å²) in [5, 5.41) is 0.0614. The minimum Gasteiger partial charge on any atom is -0.465 e. The molecule has 0 saturated heterocycles. The third-order valence-electron chi connectivity index (χ3n) is 5.11. The molecule has 0 N–H and O–H groups in total. The Bertz CT molecular complexity index is 1200. The third kappa shape index (κ3) is 3.15. The number of ether oxygens (including phenoxy) is 2. The average Bonchev–Trinajstić information content (AvgIpc) is 3.04. The molecular weight excluding hydrogens is 393 g/mol. The van der Waals surface area contributed by atoms with Gasteiger partial charge >= 0.3 is 5.97 Å². The van der Waals surface area contributed by atoms with Crippen LogP contribution >= 0.6 is 0 Å². The molecule has 0 aliphatic carbocycles. The van der Waals surface area contributed by atoms with E-state index in [0.29, 0.717) is 11.1 Å². The summed E-state index contributed by atoms with van der Waals surface area (Å²) in [6.45, 7) is 0.464. The number of hydrogen-bond acceptors (Lipinski definition) is 6. The topological polar surface area (TPSA) is 86.0 Å². The molecular formula is C22H18FNO6. The van der Waals surface area contributed by atoms with E-state index in [1.807, 2.05) is 0 Å². The normalized spacial score (nSPS) is 15.5. The molecule has 1 unspecified atom stereocenters. The van der Waals surface area contributed by atoms with Crippen molar-refractivity contribution in [3.05, 3.63) is 81.0 Å². The van der Waals surface area contributed by atoms with Crippen molar-refractivity contribution in [2.24, 2.45) is 0 Å². The van der Waals surface area contributed by atoms with Crippen molar-refractivity contribution in [1.29, 1.82) is 0 Å². The fourth-order valence-corrected chi connectivity index (χ4v) is 3.68. The number of hydrogen-bond donors (Lipinski definition) is 0. The largest absolute Gasteiger partial charge is 0.465 e. The van der Waals surface area contributed by atoms with Crippen molar-refractivity contribution in [1.82, 2.24) is 4.90 Å². The highest BCUT2D eigenvalue weighted by Crippen LogP contribution is 2.38. The Morgan fingerprint density at radius 2 is 1.87 bits per heavy atom. The molecule has 0 fully saturated rings. The Morgan fingerprint density at radius 3 is 2.53 bits per heavy atom. The Morgan fingerprint density at radius 1 is 1.13 bits per heavy atom. The molecule has 2 aromatic carbocycles. The Hall–Kier alpha value is -3.52. The lowest BCUT2D eigenvalue weighted by molar-refractivity contribution is 0.0599. The number of amides is 1. The first-order valence-corrected chi connectivity index (χ1v) is 9.20. The van der Waals surface area contributed by atoms with Crippen molar-refractivity contribution >= 4 is 22.8 Å². The van der Waals surface area contributed by atoms with Crippen molar-refractivity contribution in [3.63, 3.8) is 0 Å². The maximum absolute atomic E-state index is 13.7. The maximum atomic E-state index is 13.7. The zero-order chi connectivity index (χ0) is 21.4. The van der Waals surface area contributed by atoms with Gasteiger partial charge in [0.15, 0.2) is 5.43 Å². The summed E-state index contributed by atoms with van der Waals surface area (Å²) < 4.78 is 29.3. The molecule has 0 radical (unpaired) electrons. The van der Waals surface area contributed by atoms with Gasteiger partial charge in [-0.1, -0.05) is 12.1 Å². The quantitative estimate of drug-likeness (QED) is 0.600. The lowest BCUT2D eigenvalue weighted by Gasteiger charge is -2.24. The zero-order valence-electron chi connectivity index (χ0n) is 16.3. The van der Waals surface area contributed by atoms with Gasteiger partial charge in [0, 0.05) is 13.7 Å². The van der Waals surface area contributed by atoms with Crippen LogP contribution in [0.5, 0.6) is 0 Å². The Balaban J connectivity index is 1.90. The molecule has 3 aromatic rings. The number of esters is 1. The number of carbonyl (C=O) groups excluding carboxylic acids is 2. The average molecular weight is 411 g/mol. The summed E-state index contributed by atoms with van der Waals surface area (Å²) in [6.07, 6.45) is 0. The minimum absolute atomic E-state index is 0.0614. The van der Waals surface area contributed by atoms with E-state index in [1.54, 1.807) is 24.3 Å². The predicted molar refractivity (Wildman–Crippen MR) is 105 cm³/mol. The van der Waals surface area contributed by atoms with Crippen LogP contribution < -0.4 is 5.43 Å². The van der Waals surface area contributed by atoms with Gasteiger partial charge in [-0.25, -0.2) is 9.18 Å². The van der Waals surface area contributed by atoms with E-state index in [-0.39, 0.29) is 35.4 Å².